The van der Waals surface area contributed by atoms with E-state index in [1.54, 1.807) is 16.7 Å². The molecule has 26 heavy (non-hydrogen) atoms. The summed E-state index contributed by atoms with van der Waals surface area (Å²) in [6.45, 7) is 0.375. The Morgan fingerprint density at radius 3 is 2.50 bits per heavy atom. The maximum absolute atomic E-state index is 12.4. The van der Waals surface area contributed by atoms with E-state index < -0.39 is 0 Å². The molecular weight excluding hydrogens is 369 g/mol. The number of para-hydroxylation sites is 1. The second-order valence-electron chi connectivity index (χ2n) is 5.97. The number of H-pyrrole nitrogens is 1. The van der Waals surface area contributed by atoms with E-state index in [2.05, 4.69) is 10.3 Å². The molecule has 4 nitrogen and oxygen atoms in total. The van der Waals surface area contributed by atoms with E-state index in [1.807, 2.05) is 54.6 Å². The second-order valence-corrected chi connectivity index (χ2v) is 6.82. The molecule has 0 radical (unpaired) electrons. The van der Waals surface area contributed by atoms with Crippen molar-refractivity contribution in [3.05, 3.63) is 92.8 Å². The molecule has 1 aromatic heterocycles. The summed E-state index contributed by atoms with van der Waals surface area (Å²) in [6.07, 6.45) is 0. The third kappa shape index (κ3) is 3.34. The molecule has 0 atom stereocenters. The van der Waals surface area contributed by atoms with Crippen LogP contribution in [0, 0.1) is 0 Å². The van der Waals surface area contributed by atoms with Gasteiger partial charge in [-0.1, -0.05) is 47.5 Å². The van der Waals surface area contributed by atoms with Crippen LogP contribution in [0.2, 0.25) is 10.0 Å². The number of hydrogen-bond acceptors (Lipinski definition) is 2. The standard InChI is InChI=1S/C20H15Cl2N3O/c21-14-7-6-13(17(22)10-14)12-25-19-9-8-16(11-18(19)24-20(25)26)23-15-4-2-1-3-5-15/h1-11,23H,12H2,(H,24,26). The summed E-state index contributed by atoms with van der Waals surface area (Å²) >= 11 is 12.2. The number of benzene rings is 3. The number of hydrogen-bond donors (Lipinski definition) is 2. The first-order chi connectivity index (χ1) is 12.6. The highest BCUT2D eigenvalue weighted by atomic mass is 35.5. The molecule has 1 heterocycles. The van der Waals surface area contributed by atoms with Crippen LogP contribution in [-0.4, -0.2) is 9.55 Å². The van der Waals surface area contributed by atoms with Gasteiger partial charge in [-0.25, -0.2) is 4.79 Å². The summed E-state index contributed by atoms with van der Waals surface area (Å²) in [4.78, 5) is 15.3. The summed E-state index contributed by atoms with van der Waals surface area (Å²) in [7, 11) is 0. The number of fused-ring (bicyclic) bond motifs is 1. The van der Waals surface area contributed by atoms with Crippen molar-refractivity contribution in [3.63, 3.8) is 0 Å². The van der Waals surface area contributed by atoms with E-state index in [9.17, 15) is 4.79 Å². The van der Waals surface area contributed by atoms with Gasteiger partial charge in [-0.05, 0) is 48.0 Å². The zero-order chi connectivity index (χ0) is 18.1. The Morgan fingerprint density at radius 2 is 1.73 bits per heavy atom. The largest absolute Gasteiger partial charge is 0.355 e. The van der Waals surface area contributed by atoms with Crippen LogP contribution in [0.4, 0.5) is 11.4 Å². The highest BCUT2D eigenvalue weighted by Crippen LogP contribution is 2.24. The molecule has 0 bridgehead atoms. The number of aromatic amines is 1. The smallest absolute Gasteiger partial charge is 0.326 e. The topological polar surface area (TPSA) is 49.8 Å². The van der Waals surface area contributed by atoms with Gasteiger partial charge in [0.1, 0.15) is 0 Å². The molecule has 0 unspecified atom stereocenters. The van der Waals surface area contributed by atoms with Gasteiger partial charge in [0.05, 0.1) is 17.6 Å². The molecule has 0 spiro atoms. The first kappa shape index (κ1) is 16.8. The number of aromatic nitrogens is 2. The molecule has 0 saturated heterocycles. The number of imidazole rings is 1. The van der Waals surface area contributed by atoms with Gasteiger partial charge in [0, 0.05) is 21.4 Å². The Labute approximate surface area is 160 Å². The van der Waals surface area contributed by atoms with Crippen molar-refractivity contribution in [1.82, 2.24) is 9.55 Å². The van der Waals surface area contributed by atoms with Crippen LogP contribution in [0.1, 0.15) is 5.56 Å². The molecule has 0 fully saturated rings. The fourth-order valence-corrected chi connectivity index (χ4v) is 3.38. The summed E-state index contributed by atoms with van der Waals surface area (Å²) in [6, 6.07) is 20.9. The highest BCUT2D eigenvalue weighted by Gasteiger charge is 2.10. The molecule has 0 aliphatic carbocycles. The molecule has 2 N–H and O–H groups in total. The predicted octanol–water partition coefficient (Wildman–Crippen LogP) is 5.43. The van der Waals surface area contributed by atoms with Crippen molar-refractivity contribution in [2.24, 2.45) is 0 Å². The minimum Gasteiger partial charge on any atom is -0.355 e. The van der Waals surface area contributed by atoms with Gasteiger partial charge in [0.25, 0.3) is 0 Å². The molecule has 0 amide bonds. The van der Waals surface area contributed by atoms with E-state index in [0.29, 0.717) is 16.6 Å². The van der Waals surface area contributed by atoms with Crippen LogP contribution in [-0.2, 0) is 6.54 Å². The Balaban J connectivity index is 1.68. The molecule has 6 heteroatoms. The lowest BCUT2D eigenvalue weighted by Gasteiger charge is -2.08. The molecule has 0 aliphatic rings. The fourth-order valence-electron chi connectivity index (χ4n) is 2.91. The summed E-state index contributed by atoms with van der Waals surface area (Å²) < 4.78 is 1.66. The Bertz CT molecular complexity index is 1130. The molecule has 4 rings (SSSR count). The van der Waals surface area contributed by atoms with E-state index >= 15 is 0 Å². The number of halogens is 2. The van der Waals surface area contributed by atoms with Crippen molar-refractivity contribution in [2.45, 2.75) is 6.54 Å². The molecule has 4 aromatic rings. The van der Waals surface area contributed by atoms with E-state index in [-0.39, 0.29) is 5.69 Å². The van der Waals surface area contributed by atoms with Crippen LogP contribution in [0.25, 0.3) is 11.0 Å². The van der Waals surface area contributed by atoms with Gasteiger partial charge in [0.15, 0.2) is 0 Å². The molecular formula is C20H15Cl2N3O. The summed E-state index contributed by atoms with van der Waals surface area (Å²) in [5, 5.41) is 4.44. The number of rotatable bonds is 4. The predicted molar refractivity (Wildman–Crippen MR) is 108 cm³/mol. The maximum atomic E-state index is 12.4. The average Bonchev–Trinajstić information content (AvgIpc) is 2.93. The van der Waals surface area contributed by atoms with Gasteiger partial charge < -0.3 is 10.3 Å². The third-order valence-electron chi connectivity index (χ3n) is 4.18. The van der Waals surface area contributed by atoms with Crippen molar-refractivity contribution in [1.29, 1.82) is 0 Å². The minimum atomic E-state index is -0.178. The van der Waals surface area contributed by atoms with Crippen LogP contribution < -0.4 is 11.0 Å². The second kappa shape index (κ2) is 6.90. The van der Waals surface area contributed by atoms with Crippen LogP contribution >= 0.6 is 23.2 Å². The number of anilines is 2. The first-order valence-electron chi connectivity index (χ1n) is 8.09. The van der Waals surface area contributed by atoms with Crippen LogP contribution in [0.3, 0.4) is 0 Å². The van der Waals surface area contributed by atoms with Gasteiger partial charge in [-0.3, -0.25) is 4.57 Å². The lowest BCUT2D eigenvalue weighted by atomic mass is 10.2. The van der Waals surface area contributed by atoms with Gasteiger partial charge >= 0.3 is 5.69 Å². The summed E-state index contributed by atoms with van der Waals surface area (Å²) in [5.74, 6) is 0. The van der Waals surface area contributed by atoms with Crippen LogP contribution in [0.5, 0.6) is 0 Å². The Kier molecular flexibility index (Phi) is 4.45. The van der Waals surface area contributed by atoms with Gasteiger partial charge in [-0.15, -0.1) is 0 Å². The maximum Gasteiger partial charge on any atom is 0.326 e. The SMILES string of the molecule is O=c1[nH]c2cc(Nc3ccccc3)ccc2n1Cc1ccc(Cl)cc1Cl. The highest BCUT2D eigenvalue weighted by molar-refractivity contribution is 6.35. The van der Waals surface area contributed by atoms with Crippen molar-refractivity contribution in [2.75, 3.05) is 5.32 Å². The number of nitrogens with one attached hydrogen (secondary N) is 2. The van der Waals surface area contributed by atoms with Gasteiger partial charge in [0.2, 0.25) is 0 Å². The zero-order valence-corrected chi connectivity index (χ0v) is 15.2. The monoisotopic (exact) mass is 383 g/mol. The van der Waals surface area contributed by atoms with E-state index in [4.69, 9.17) is 23.2 Å². The quantitative estimate of drug-likeness (QED) is 0.493. The molecule has 3 aromatic carbocycles. The van der Waals surface area contributed by atoms with Crippen LogP contribution in [0.15, 0.2) is 71.5 Å². The molecule has 130 valence electrons. The number of nitrogens with zero attached hydrogens (tertiary/aromatic N) is 1. The zero-order valence-electron chi connectivity index (χ0n) is 13.7. The van der Waals surface area contributed by atoms with Crippen molar-refractivity contribution in [3.8, 4) is 0 Å². The average molecular weight is 384 g/mol. The third-order valence-corrected chi connectivity index (χ3v) is 4.77. The van der Waals surface area contributed by atoms with Crippen molar-refractivity contribution < 1.29 is 0 Å². The fraction of sp³-hybridized carbons (Fsp3) is 0.0500. The minimum absolute atomic E-state index is 0.178. The summed E-state index contributed by atoms with van der Waals surface area (Å²) in [5.41, 5.74) is 4.14. The first-order valence-corrected chi connectivity index (χ1v) is 8.84. The van der Waals surface area contributed by atoms with Gasteiger partial charge in [-0.2, -0.15) is 0 Å². The molecule has 0 saturated carbocycles. The van der Waals surface area contributed by atoms with Crippen molar-refractivity contribution >= 4 is 45.6 Å². The lowest BCUT2D eigenvalue weighted by Crippen LogP contribution is -2.17. The Morgan fingerprint density at radius 1 is 0.923 bits per heavy atom. The lowest BCUT2D eigenvalue weighted by molar-refractivity contribution is 0.787. The molecule has 0 aliphatic heterocycles. The van der Waals surface area contributed by atoms with E-state index in [1.165, 1.54) is 0 Å². The van der Waals surface area contributed by atoms with E-state index in [0.717, 1.165) is 28.0 Å². The Hall–Kier alpha value is -2.69. The normalized spacial score (nSPS) is 11.0.